The van der Waals surface area contributed by atoms with E-state index in [0.29, 0.717) is 25.8 Å². The summed E-state index contributed by atoms with van der Waals surface area (Å²) in [4.78, 5) is 25.2. The molecule has 96 valence electrons. The molecular weight excluding hydrogens is 220 g/mol. The predicted molar refractivity (Wildman–Crippen MR) is 62.4 cm³/mol. The highest BCUT2D eigenvalue weighted by Crippen LogP contribution is 2.35. The van der Waals surface area contributed by atoms with Crippen molar-refractivity contribution in [2.45, 2.75) is 56.5 Å². The molecule has 0 aromatic heterocycles. The van der Waals surface area contributed by atoms with E-state index in [-0.39, 0.29) is 5.91 Å². The highest BCUT2D eigenvalue weighted by molar-refractivity contribution is 5.92. The van der Waals surface area contributed by atoms with Gasteiger partial charge in [-0.1, -0.05) is 12.8 Å². The molecular formula is C12H20N2O3. The number of carbonyl (C=O) groups excluding carboxylic acids is 1. The maximum absolute atomic E-state index is 12.4. The maximum Gasteiger partial charge on any atom is 0.329 e. The first-order chi connectivity index (χ1) is 7.90. The molecule has 1 aliphatic carbocycles. The molecule has 1 heterocycles. The summed E-state index contributed by atoms with van der Waals surface area (Å²) >= 11 is 0. The minimum Gasteiger partial charge on any atom is -0.480 e. The van der Waals surface area contributed by atoms with E-state index in [1.54, 1.807) is 6.92 Å². The smallest absolute Gasteiger partial charge is 0.329 e. The molecule has 3 N–H and O–H groups in total. The van der Waals surface area contributed by atoms with Crippen LogP contribution in [0.4, 0.5) is 0 Å². The number of likely N-dealkylation sites (tertiary alicyclic amines) is 1. The fourth-order valence-electron chi connectivity index (χ4n) is 3.00. The van der Waals surface area contributed by atoms with E-state index in [1.165, 1.54) is 4.90 Å². The van der Waals surface area contributed by atoms with Crippen LogP contribution < -0.4 is 5.73 Å². The van der Waals surface area contributed by atoms with Crippen molar-refractivity contribution in [2.24, 2.45) is 5.73 Å². The summed E-state index contributed by atoms with van der Waals surface area (Å²) in [5.74, 6) is -1.10. The Morgan fingerprint density at radius 3 is 2.29 bits per heavy atom. The number of carbonyl (C=O) groups is 2. The molecule has 0 aromatic carbocycles. The molecule has 2 fully saturated rings. The van der Waals surface area contributed by atoms with E-state index in [1.807, 2.05) is 0 Å². The molecule has 1 aliphatic heterocycles. The van der Waals surface area contributed by atoms with Crippen LogP contribution in [0.1, 0.15) is 45.4 Å². The quantitative estimate of drug-likeness (QED) is 0.745. The summed E-state index contributed by atoms with van der Waals surface area (Å²) < 4.78 is 0. The zero-order chi connectivity index (χ0) is 12.7. The van der Waals surface area contributed by atoms with E-state index >= 15 is 0 Å². The Morgan fingerprint density at radius 2 is 1.76 bits per heavy atom. The first kappa shape index (κ1) is 12.4. The van der Waals surface area contributed by atoms with Crippen LogP contribution in [0.5, 0.6) is 0 Å². The van der Waals surface area contributed by atoms with Gasteiger partial charge in [0.15, 0.2) is 0 Å². The number of carboxylic acid groups (broad SMARTS) is 1. The number of hydrogen-bond acceptors (Lipinski definition) is 3. The molecule has 2 rings (SSSR count). The lowest BCUT2D eigenvalue weighted by molar-refractivity contribution is -0.157. The number of aliphatic carboxylic acids is 1. The second-order valence-electron chi connectivity index (χ2n) is 5.50. The average molecular weight is 240 g/mol. The van der Waals surface area contributed by atoms with Crippen LogP contribution in [-0.2, 0) is 9.59 Å². The van der Waals surface area contributed by atoms with Crippen molar-refractivity contribution in [3.63, 3.8) is 0 Å². The van der Waals surface area contributed by atoms with Crippen molar-refractivity contribution in [3.05, 3.63) is 0 Å². The number of hydrogen-bond donors (Lipinski definition) is 2. The zero-order valence-electron chi connectivity index (χ0n) is 10.2. The summed E-state index contributed by atoms with van der Waals surface area (Å²) in [6.45, 7) is 2.14. The normalized spacial score (nSPS) is 31.8. The molecule has 5 nitrogen and oxygen atoms in total. The minimum atomic E-state index is -1.06. The van der Waals surface area contributed by atoms with Crippen molar-refractivity contribution < 1.29 is 14.7 Å². The summed E-state index contributed by atoms with van der Waals surface area (Å²) in [5.41, 5.74) is 4.24. The number of rotatable bonds is 2. The molecule has 17 heavy (non-hydrogen) atoms. The Labute approximate surface area is 101 Å². The van der Waals surface area contributed by atoms with Gasteiger partial charge >= 0.3 is 5.97 Å². The van der Waals surface area contributed by atoms with E-state index in [2.05, 4.69) is 0 Å². The molecule has 1 saturated heterocycles. The standard InChI is InChI=1S/C12H20N2O3/c1-11(10(16)17)5-4-8-14(11)9(15)12(13)6-2-3-7-12/h2-8,13H2,1H3,(H,16,17). The van der Waals surface area contributed by atoms with Gasteiger partial charge in [0.1, 0.15) is 5.54 Å². The van der Waals surface area contributed by atoms with Gasteiger partial charge in [-0.15, -0.1) is 0 Å². The SMILES string of the molecule is CC1(C(=O)O)CCCN1C(=O)C1(N)CCCC1. The Hall–Kier alpha value is -1.10. The topological polar surface area (TPSA) is 83.6 Å². The van der Waals surface area contributed by atoms with Gasteiger partial charge in [0.05, 0.1) is 5.54 Å². The zero-order valence-corrected chi connectivity index (χ0v) is 10.2. The lowest BCUT2D eigenvalue weighted by Gasteiger charge is -2.36. The third-order valence-electron chi connectivity index (χ3n) is 4.27. The molecule has 0 bridgehead atoms. The molecule has 5 heteroatoms. The third-order valence-corrected chi connectivity index (χ3v) is 4.27. The first-order valence-corrected chi connectivity index (χ1v) is 6.24. The highest BCUT2D eigenvalue weighted by Gasteiger charge is 2.51. The van der Waals surface area contributed by atoms with Gasteiger partial charge in [0.2, 0.25) is 5.91 Å². The van der Waals surface area contributed by atoms with E-state index in [9.17, 15) is 14.7 Å². The minimum absolute atomic E-state index is 0.169. The van der Waals surface area contributed by atoms with Crippen LogP contribution in [-0.4, -0.2) is 39.5 Å². The van der Waals surface area contributed by atoms with Crippen molar-refractivity contribution in [1.29, 1.82) is 0 Å². The Bertz CT molecular complexity index is 350. The number of nitrogens with zero attached hydrogens (tertiary/aromatic N) is 1. The second-order valence-corrected chi connectivity index (χ2v) is 5.50. The molecule has 0 radical (unpaired) electrons. The molecule has 1 saturated carbocycles. The van der Waals surface area contributed by atoms with Gasteiger partial charge in [0.25, 0.3) is 0 Å². The van der Waals surface area contributed by atoms with Crippen molar-refractivity contribution in [3.8, 4) is 0 Å². The summed E-state index contributed by atoms with van der Waals surface area (Å²) in [6, 6.07) is 0. The van der Waals surface area contributed by atoms with Crippen LogP contribution in [0.15, 0.2) is 0 Å². The lowest BCUT2D eigenvalue weighted by Crippen LogP contribution is -2.60. The van der Waals surface area contributed by atoms with Crippen molar-refractivity contribution in [2.75, 3.05) is 6.54 Å². The van der Waals surface area contributed by atoms with Crippen LogP contribution in [0.3, 0.4) is 0 Å². The van der Waals surface area contributed by atoms with Gasteiger partial charge in [-0.25, -0.2) is 4.79 Å². The Morgan fingerprint density at radius 1 is 1.18 bits per heavy atom. The predicted octanol–water partition coefficient (Wildman–Crippen LogP) is 0.724. The Kier molecular flexibility index (Phi) is 2.89. The maximum atomic E-state index is 12.4. The largest absolute Gasteiger partial charge is 0.480 e. The fourth-order valence-corrected chi connectivity index (χ4v) is 3.00. The first-order valence-electron chi connectivity index (χ1n) is 6.24. The van der Waals surface area contributed by atoms with Crippen molar-refractivity contribution in [1.82, 2.24) is 4.90 Å². The molecule has 2 aliphatic rings. The lowest BCUT2D eigenvalue weighted by atomic mass is 9.93. The summed E-state index contributed by atoms with van der Waals surface area (Å²) in [6.07, 6.45) is 4.53. The van der Waals surface area contributed by atoms with Gasteiger partial charge in [-0.2, -0.15) is 0 Å². The van der Waals surface area contributed by atoms with Crippen LogP contribution in [0.25, 0.3) is 0 Å². The number of amides is 1. The van der Waals surface area contributed by atoms with Crippen LogP contribution in [0.2, 0.25) is 0 Å². The summed E-state index contributed by atoms with van der Waals surface area (Å²) in [7, 11) is 0. The molecule has 0 aromatic rings. The summed E-state index contributed by atoms with van der Waals surface area (Å²) in [5, 5.41) is 9.28. The van der Waals surface area contributed by atoms with Crippen LogP contribution >= 0.6 is 0 Å². The molecule has 1 amide bonds. The van der Waals surface area contributed by atoms with Crippen molar-refractivity contribution >= 4 is 11.9 Å². The van der Waals surface area contributed by atoms with Gasteiger partial charge < -0.3 is 15.7 Å². The molecule has 1 atom stereocenters. The van der Waals surface area contributed by atoms with Gasteiger partial charge in [0, 0.05) is 6.54 Å². The molecule has 1 unspecified atom stereocenters. The fraction of sp³-hybridized carbons (Fsp3) is 0.833. The second kappa shape index (κ2) is 3.98. The van der Waals surface area contributed by atoms with Gasteiger partial charge in [-0.3, -0.25) is 4.79 Å². The number of nitrogens with two attached hydrogens (primary N) is 1. The molecule has 0 spiro atoms. The Balaban J connectivity index is 2.22. The van der Waals surface area contributed by atoms with E-state index < -0.39 is 17.0 Å². The van der Waals surface area contributed by atoms with Crippen LogP contribution in [0, 0.1) is 0 Å². The van der Waals surface area contributed by atoms with E-state index in [0.717, 1.165) is 19.3 Å². The third kappa shape index (κ3) is 1.82. The highest BCUT2D eigenvalue weighted by atomic mass is 16.4. The number of carboxylic acids is 1. The monoisotopic (exact) mass is 240 g/mol. The average Bonchev–Trinajstić information content (AvgIpc) is 2.86. The van der Waals surface area contributed by atoms with E-state index in [4.69, 9.17) is 5.73 Å². The van der Waals surface area contributed by atoms with Gasteiger partial charge in [-0.05, 0) is 32.6 Å².